The van der Waals surface area contributed by atoms with Gasteiger partial charge in [0.05, 0.1) is 6.04 Å². The highest BCUT2D eigenvalue weighted by Crippen LogP contribution is 2.28. The van der Waals surface area contributed by atoms with Gasteiger partial charge in [0.25, 0.3) is 0 Å². The summed E-state index contributed by atoms with van der Waals surface area (Å²) >= 11 is 6.17. The van der Waals surface area contributed by atoms with Gasteiger partial charge < -0.3 is 5.32 Å². The zero-order valence-electron chi connectivity index (χ0n) is 18.3. The summed E-state index contributed by atoms with van der Waals surface area (Å²) in [5.41, 5.74) is 4.70. The molecule has 1 saturated heterocycles. The fourth-order valence-corrected chi connectivity index (χ4v) is 5.16. The van der Waals surface area contributed by atoms with Gasteiger partial charge >= 0.3 is 0 Å². The molecule has 1 aliphatic carbocycles. The molecule has 4 rings (SSSR count). The molecule has 2 aliphatic rings. The predicted molar refractivity (Wildman–Crippen MR) is 124 cm³/mol. The molecule has 1 amide bonds. The van der Waals surface area contributed by atoms with E-state index in [4.69, 9.17) is 11.6 Å². The third-order valence-electron chi connectivity index (χ3n) is 6.90. The summed E-state index contributed by atoms with van der Waals surface area (Å²) in [6.45, 7) is 4.18. The molecule has 2 aromatic rings. The van der Waals surface area contributed by atoms with E-state index in [1.807, 2.05) is 0 Å². The van der Waals surface area contributed by atoms with Crippen LogP contribution < -0.4 is 5.32 Å². The van der Waals surface area contributed by atoms with Gasteiger partial charge in [-0.05, 0) is 86.9 Å². The Bertz CT molecular complexity index is 903. The second kappa shape index (κ2) is 10.1. The molecule has 0 aromatic heterocycles. The number of likely N-dealkylation sites (tertiary alicyclic amines) is 1. The third kappa shape index (κ3) is 5.30. The van der Waals surface area contributed by atoms with Gasteiger partial charge in [-0.3, -0.25) is 9.69 Å². The van der Waals surface area contributed by atoms with E-state index >= 15 is 0 Å². The largest absolute Gasteiger partial charge is 0.349 e. The van der Waals surface area contributed by atoms with Crippen molar-refractivity contribution in [2.75, 3.05) is 13.1 Å². The van der Waals surface area contributed by atoms with Crippen LogP contribution in [-0.2, 0) is 24.2 Å². The van der Waals surface area contributed by atoms with E-state index in [1.165, 1.54) is 42.0 Å². The topological polar surface area (TPSA) is 32.3 Å². The Labute approximate surface area is 190 Å². The Morgan fingerprint density at radius 2 is 1.90 bits per heavy atom. The average Bonchev–Trinajstić information content (AvgIpc) is 2.80. The molecule has 1 aliphatic heterocycles. The molecule has 0 spiro atoms. The molecule has 5 heteroatoms. The molecular formula is C26H32ClFN2O. The minimum Gasteiger partial charge on any atom is -0.349 e. The number of nitrogens with zero attached hydrogens (tertiary/aromatic N) is 1. The molecule has 3 nitrogen and oxygen atoms in total. The molecular weight excluding hydrogens is 411 g/mol. The van der Waals surface area contributed by atoms with Crippen molar-refractivity contribution in [2.24, 2.45) is 5.92 Å². The molecule has 31 heavy (non-hydrogen) atoms. The Morgan fingerprint density at radius 3 is 2.61 bits per heavy atom. The lowest BCUT2D eigenvalue weighted by molar-refractivity contribution is -0.127. The van der Waals surface area contributed by atoms with Crippen LogP contribution in [0.4, 0.5) is 4.39 Å². The fourth-order valence-electron chi connectivity index (χ4n) is 4.94. The Hall–Kier alpha value is -1.91. The van der Waals surface area contributed by atoms with Crippen molar-refractivity contribution < 1.29 is 9.18 Å². The van der Waals surface area contributed by atoms with Crippen LogP contribution in [0, 0.1) is 11.7 Å². The van der Waals surface area contributed by atoms with E-state index in [-0.39, 0.29) is 23.7 Å². The Balaban J connectivity index is 1.33. The van der Waals surface area contributed by atoms with Crippen molar-refractivity contribution in [1.29, 1.82) is 0 Å². The number of piperidine rings is 1. The van der Waals surface area contributed by atoms with Crippen LogP contribution in [0.3, 0.4) is 0 Å². The highest BCUT2D eigenvalue weighted by molar-refractivity contribution is 6.31. The molecule has 1 N–H and O–H groups in total. The first-order chi connectivity index (χ1) is 15.0. The van der Waals surface area contributed by atoms with Gasteiger partial charge in [0.15, 0.2) is 0 Å². The van der Waals surface area contributed by atoms with Crippen molar-refractivity contribution >= 4 is 17.5 Å². The number of carbonyl (C=O) groups is 1. The van der Waals surface area contributed by atoms with Gasteiger partial charge in [-0.25, -0.2) is 4.39 Å². The van der Waals surface area contributed by atoms with Crippen LogP contribution in [0.15, 0.2) is 36.4 Å². The highest BCUT2D eigenvalue weighted by Gasteiger charge is 2.27. The van der Waals surface area contributed by atoms with Gasteiger partial charge in [0.1, 0.15) is 5.82 Å². The first kappa shape index (κ1) is 22.3. The van der Waals surface area contributed by atoms with Crippen molar-refractivity contribution in [3.8, 4) is 0 Å². The minimum atomic E-state index is -0.261. The van der Waals surface area contributed by atoms with Crippen molar-refractivity contribution in [3.05, 3.63) is 69.5 Å². The molecule has 1 heterocycles. The third-order valence-corrected chi connectivity index (χ3v) is 7.26. The number of nitrogens with one attached hydrogen (secondary N) is 1. The maximum Gasteiger partial charge on any atom is 0.223 e. The molecule has 0 radical (unpaired) electrons. The molecule has 0 unspecified atom stereocenters. The van der Waals surface area contributed by atoms with Gasteiger partial charge in [0.2, 0.25) is 5.91 Å². The highest BCUT2D eigenvalue weighted by atomic mass is 35.5. The van der Waals surface area contributed by atoms with Crippen LogP contribution in [-0.4, -0.2) is 23.9 Å². The second-order valence-corrected chi connectivity index (χ2v) is 9.36. The summed E-state index contributed by atoms with van der Waals surface area (Å²) in [7, 11) is 0. The quantitative estimate of drug-likeness (QED) is 0.609. The van der Waals surface area contributed by atoms with Gasteiger partial charge in [-0.15, -0.1) is 0 Å². The van der Waals surface area contributed by atoms with Crippen LogP contribution in [0.5, 0.6) is 0 Å². The number of carbonyl (C=O) groups excluding carboxylic acids is 1. The van der Waals surface area contributed by atoms with E-state index in [1.54, 1.807) is 12.1 Å². The molecule has 0 saturated carbocycles. The van der Waals surface area contributed by atoms with Crippen molar-refractivity contribution in [1.82, 2.24) is 10.2 Å². The molecule has 1 fully saturated rings. The lowest BCUT2D eigenvalue weighted by atomic mass is 9.88. The summed E-state index contributed by atoms with van der Waals surface area (Å²) in [5, 5.41) is 3.77. The zero-order chi connectivity index (χ0) is 21.8. The van der Waals surface area contributed by atoms with Crippen molar-refractivity contribution in [2.45, 2.75) is 64.5 Å². The van der Waals surface area contributed by atoms with Gasteiger partial charge in [0, 0.05) is 23.0 Å². The summed E-state index contributed by atoms with van der Waals surface area (Å²) in [6.07, 6.45) is 7.33. The van der Waals surface area contributed by atoms with Crippen LogP contribution in [0.25, 0.3) is 0 Å². The lowest BCUT2D eigenvalue weighted by Gasteiger charge is -2.32. The molecule has 0 bridgehead atoms. The normalized spacial score (nSPS) is 18.4. The molecule has 166 valence electrons. The molecule has 1 atom stereocenters. The zero-order valence-corrected chi connectivity index (χ0v) is 19.1. The smallest absolute Gasteiger partial charge is 0.223 e. The summed E-state index contributed by atoms with van der Waals surface area (Å²) in [6, 6.07) is 11.6. The summed E-state index contributed by atoms with van der Waals surface area (Å²) < 4.78 is 14.1. The monoisotopic (exact) mass is 442 g/mol. The average molecular weight is 443 g/mol. The van der Waals surface area contributed by atoms with E-state index in [0.717, 1.165) is 38.8 Å². The van der Waals surface area contributed by atoms with Crippen LogP contribution in [0.2, 0.25) is 5.02 Å². The minimum absolute atomic E-state index is 0.0130. The first-order valence-electron chi connectivity index (χ1n) is 11.6. The number of fused-ring (bicyclic) bond motifs is 1. The summed E-state index contributed by atoms with van der Waals surface area (Å²) in [5.74, 6) is -0.102. The standard InChI is InChI=1S/C26H32ClFN2O/c1-2-25(21-11-10-18-6-3-4-7-20(18)16-21)29-26(31)19-12-14-30(15-13-19)17-22-23(27)8-5-9-24(22)28/h5,8-11,16,19,25H,2-4,6-7,12-15,17H2,1H3,(H,29,31)/t25-/m0/s1. The first-order valence-corrected chi connectivity index (χ1v) is 12.0. The van der Waals surface area contributed by atoms with E-state index in [2.05, 4.69) is 35.3 Å². The fraction of sp³-hybridized carbons (Fsp3) is 0.500. The number of halogens is 2. The Morgan fingerprint density at radius 1 is 1.16 bits per heavy atom. The number of hydrogen-bond donors (Lipinski definition) is 1. The predicted octanol–water partition coefficient (Wildman–Crippen LogP) is 5.84. The van der Waals surface area contributed by atoms with Gasteiger partial charge in [-0.1, -0.05) is 42.8 Å². The number of aryl methyl sites for hydroxylation is 2. The number of rotatable bonds is 6. The van der Waals surface area contributed by atoms with Crippen LogP contribution >= 0.6 is 11.6 Å². The van der Waals surface area contributed by atoms with E-state index < -0.39 is 0 Å². The van der Waals surface area contributed by atoms with Gasteiger partial charge in [-0.2, -0.15) is 0 Å². The number of benzene rings is 2. The lowest BCUT2D eigenvalue weighted by Crippen LogP contribution is -2.41. The van der Waals surface area contributed by atoms with E-state index in [9.17, 15) is 9.18 Å². The van der Waals surface area contributed by atoms with Crippen LogP contribution in [0.1, 0.15) is 67.3 Å². The number of amides is 1. The maximum atomic E-state index is 14.1. The summed E-state index contributed by atoms with van der Waals surface area (Å²) in [4.78, 5) is 15.2. The number of hydrogen-bond acceptors (Lipinski definition) is 2. The van der Waals surface area contributed by atoms with Crippen molar-refractivity contribution in [3.63, 3.8) is 0 Å². The SMILES string of the molecule is CC[C@H](NC(=O)C1CCN(Cc2c(F)cccc2Cl)CC1)c1ccc2c(c1)CCCC2. The Kier molecular flexibility index (Phi) is 7.29. The molecule has 2 aromatic carbocycles. The second-order valence-electron chi connectivity index (χ2n) is 8.96. The maximum absolute atomic E-state index is 14.1. The van der Waals surface area contributed by atoms with E-state index in [0.29, 0.717) is 17.1 Å².